The number of likely N-dealkylation sites (N-methyl/N-ethyl adjacent to an activating group) is 1. The zero-order chi connectivity index (χ0) is 17.0. The van der Waals surface area contributed by atoms with Crippen LogP contribution in [0.15, 0.2) is 24.5 Å². The van der Waals surface area contributed by atoms with Gasteiger partial charge in [-0.3, -0.25) is 19.6 Å². The molecule has 2 aliphatic heterocycles. The average Bonchev–Trinajstić information content (AvgIpc) is 2.54. The van der Waals surface area contributed by atoms with E-state index in [1.165, 1.54) is 5.56 Å². The Bertz CT molecular complexity index is 548. The molecule has 7 heteroatoms. The lowest BCUT2D eigenvalue weighted by Gasteiger charge is -2.55. The lowest BCUT2D eigenvalue weighted by molar-refractivity contribution is -0.198. The Morgan fingerprint density at radius 1 is 1.42 bits per heavy atom. The first-order valence-corrected chi connectivity index (χ1v) is 8.34. The number of hydrogen-bond donors (Lipinski definition) is 1. The van der Waals surface area contributed by atoms with Crippen LogP contribution in [0.1, 0.15) is 5.56 Å². The van der Waals surface area contributed by atoms with Crippen LogP contribution in [0.3, 0.4) is 0 Å². The molecule has 132 valence electrons. The van der Waals surface area contributed by atoms with Gasteiger partial charge in [0.25, 0.3) is 0 Å². The highest BCUT2D eigenvalue weighted by molar-refractivity contribution is 5.82. The number of morpholine rings is 1. The molecule has 1 N–H and O–H groups in total. The van der Waals surface area contributed by atoms with Crippen LogP contribution in [0.4, 0.5) is 0 Å². The number of nitrogens with one attached hydrogen (secondary N) is 1. The summed E-state index contributed by atoms with van der Waals surface area (Å²) in [5, 5.41) is 2.89. The second kappa shape index (κ2) is 7.57. The Kier molecular flexibility index (Phi) is 5.45. The van der Waals surface area contributed by atoms with E-state index in [4.69, 9.17) is 9.47 Å². The van der Waals surface area contributed by atoms with Crippen molar-refractivity contribution in [3.05, 3.63) is 30.1 Å². The lowest BCUT2D eigenvalue weighted by atomic mass is 9.90. The third-order valence-corrected chi connectivity index (χ3v) is 4.70. The summed E-state index contributed by atoms with van der Waals surface area (Å²) in [4.78, 5) is 20.7. The zero-order valence-electron chi connectivity index (χ0n) is 14.4. The number of likely N-dealkylation sites (tertiary alicyclic amines) is 1. The molecule has 3 rings (SSSR count). The van der Waals surface area contributed by atoms with E-state index in [0.717, 1.165) is 26.2 Å². The first-order chi connectivity index (χ1) is 11.6. The number of rotatable bonds is 6. The summed E-state index contributed by atoms with van der Waals surface area (Å²) in [5.41, 5.74) is 1.13. The topological polar surface area (TPSA) is 66.9 Å². The van der Waals surface area contributed by atoms with Crippen molar-refractivity contribution in [1.29, 1.82) is 0 Å². The fourth-order valence-electron chi connectivity index (χ4n) is 3.48. The molecule has 1 spiro atoms. The van der Waals surface area contributed by atoms with Crippen molar-refractivity contribution in [2.75, 3.05) is 53.6 Å². The molecule has 0 radical (unpaired) electrons. The second-order valence-electron chi connectivity index (χ2n) is 6.71. The van der Waals surface area contributed by atoms with E-state index in [-0.39, 0.29) is 17.6 Å². The minimum Gasteiger partial charge on any atom is -0.383 e. The van der Waals surface area contributed by atoms with Crippen LogP contribution in [0.25, 0.3) is 0 Å². The Morgan fingerprint density at radius 2 is 2.17 bits per heavy atom. The molecule has 0 bridgehead atoms. The predicted octanol–water partition coefficient (Wildman–Crippen LogP) is -0.271. The number of pyridine rings is 1. The SMILES string of the molecule is COCCNC(=O)C1COC2(CN(Cc3ccncc3)C2)CN1C. The van der Waals surface area contributed by atoms with Crippen molar-refractivity contribution in [3.63, 3.8) is 0 Å². The summed E-state index contributed by atoms with van der Waals surface area (Å²) in [6.45, 7) is 5.00. The van der Waals surface area contributed by atoms with Crippen LogP contribution >= 0.6 is 0 Å². The van der Waals surface area contributed by atoms with E-state index in [1.807, 2.05) is 31.6 Å². The normalized spacial score (nSPS) is 23.8. The fourth-order valence-corrected chi connectivity index (χ4v) is 3.48. The van der Waals surface area contributed by atoms with Gasteiger partial charge in [0.1, 0.15) is 11.6 Å². The van der Waals surface area contributed by atoms with Gasteiger partial charge in [0.05, 0.1) is 13.2 Å². The van der Waals surface area contributed by atoms with Crippen LogP contribution in [0.2, 0.25) is 0 Å². The van der Waals surface area contributed by atoms with E-state index in [0.29, 0.717) is 19.8 Å². The Hall–Kier alpha value is -1.54. The molecule has 1 unspecified atom stereocenters. The molecule has 2 saturated heterocycles. The number of amides is 1. The second-order valence-corrected chi connectivity index (χ2v) is 6.71. The van der Waals surface area contributed by atoms with Gasteiger partial charge in [-0.15, -0.1) is 0 Å². The van der Waals surface area contributed by atoms with Crippen molar-refractivity contribution < 1.29 is 14.3 Å². The van der Waals surface area contributed by atoms with Gasteiger partial charge in [0, 0.05) is 52.2 Å². The summed E-state index contributed by atoms with van der Waals surface area (Å²) >= 11 is 0. The Balaban J connectivity index is 1.45. The van der Waals surface area contributed by atoms with E-state index in [1.54, 1.807) is 7.11 Å². The van der Waals surface area contributed by atoms with Gasteiger partial charge < -0.3 is 14.8 Å². The van der Waals surface area contributed by atoms with Crippen molar-refractivity contribution in [3.8, 4) is 0 Å². The minimum absolute atomic E-state index is 0.0114. The molecule has 0 saturated carbocycles. The first kappa shape index (κ1) is 17.3. The highest BCUT2D eigenvalue weighted by atomic mass is 16.5. The van der Waals surface area contributed by atoms with E-state index < -0.39 is 0 Å². The molecule has 3 heterocycles. The molecule has 2 aliphatic rings. The molecule has 0 aromatic carbocycles. The predicted molar refractivity (Wildman–Crippen MR) is 89.5 cm³/mol. The summed E-state index contributed by atoms with van der Waals surface area (Å²) in [5.74, 6) is 0.0114. The van der Waals surface area contributed by atoms with Crippen molar-refractivity contribution >= 4 is 5.91 Å². The van der Waals surface area contributed by atoms with Crippen molar-refractivity contribution in [2.24, 2.45) is 0 Å². The number of carbonyl (C=O) groups excluding carboxylic acids is 1. The third kappa shape index (κ3) is 3.92. The fraction of sp³-hybridized carbons (Fsp3) is 0.647. The van der Waals surface area contributed by atoms with Gasteiger partial charge in [-0.05, 0) is 24.7 Å². The number of nitrogens with zero attached hydrogens (tertiary/aromatic N) is 3. The molecule has 1 aromatic heterocycles. The molecule has 0 aliphatic carbocycles. The van der Waals surface area contributed by atoms with Gasteiger partial charge in [0.2, 0.25) is 5.91 Å². The summed E-state index contributed by atoms with van der Waals surface area (Å²) in [6, 6.07) is 3.86. The average molecular weight is 334 g/mol. The van der Waals surface area contributed by atoms with Crippen LogP contribution in [0, 0.1) is 0 Å². The minimum atomic E-state index is -0.221. The number of methoxy groups -OCH3 is 1. The maximum Gasteiger partial charge on any atom is 0.239 e. The molecule has 1 amide bonds. The summed E-state index contributed by atoms with van der Waals surface area (Å²) < 4.78 is 11.0. The molecule has 2 fully saturated rings. The Morgan fingerprint density at radius 3 is 2.83 bits per heavy atom. The zero-order valence-corrected chi connectivity index (χ0v) is 14.4. The lowest BCUT2D eigenvalue weighted by Crippen LogP contribution is -2.72. The van der Waals surface area contributed by atoms with Gasteiger partial charge in [0.15, 0.2) is 0 Å². The first-order valence-electron chi connectivity index (χ1n) is 8.34. The monoisotopic (exact) mass is 334 g/mol. The van der Waals surface area contributed by atoms with Crippen LogP contribution < -0.4 is 5.32 Å². The standard InChI is InChI=1S/C17H26N4O3/c1-20-11-17(24-10-15(20)16(22)19-7-8-23-2)12-21(13-17)9-14-3-5-18-6-4-14/h3-6,15H,7-13H2,1-2H3,(H,19,22). The highest BCUT2D eigenvalue weighted by Gasteiger charge is 2.49. The molecule has 1 aromatic rings. The summed E-state index contributed by atoms with van der Waals surface area (Å²) in [7, 11) is 3.62. The number of ether oxygens (including phenoxy) is 2. The smallest absolute Gasteiger partial charge is 0.239 e. The van der Waals surface area contributed by atoms with Gasteiger partial charge in [-0.1, -0.05) is 0 Å². The maximum atomic E-state index is 12.2. The summed E-state index contributed by atoms with van der Waals surface area (Å²) in [6.07, 6.45) is 3.64. The Labute approximate surface area is 142 Å². The highest BCUT2D eigenvalue weighted by Crippen LogP contribution is 2.31. The molecular formula is C17H26N4O3. The van der Waals surface area contributed by atoms with Gasteiger partial charge >= 0.3 is 0 Å². The number of hydrogen-bond acceptors (Lipinski definition) is 6. The van der Waals surface area contributed by atoms with E-state index >= 15 is 0 Å². The van der Waals surface area contributed by atoms with Crippen LogP contribution in [-0.4, -0.2) is 85.9 Å². The van der Waals surface area contributed by atoms with Gasteiger partial charge in [-0.2, -0.15) is 0 Å². The molecule has 1 atom stereocenters. The molecule has 7 nitrogen and oxygen atoms in total. The molecule has 24 heavy (non-hydrogen) atoms. The van der Waals surface area contributed by atoms with Gasteiger partial charge in [-0.25, -0.2) is 0 Å². The largest absolute Gasteiger partial charge is 0.383 e. The van der Waals surface area contributed by atoms with Crippen LogP contribution in [0.5, 0.6) is 0 Å². The third-order valence-electron chi connectivity index (χ3n) is 4.70. The quantitative estimate of drug-likeness (QED) is 0.723. The van der Waals surface area contributed by atoms with E-state index in [9.17, 15) is 4.79 Å². The maximum absolute atomic E-state index is 12.2. The number of carbonyl (C=O) groups is 1. The van der Waals surface area contributed by atoms with E-state index in [2.05, 4.69) is 20.1 Å². The van der Waals surface area contributed by atoms with Crippen molar-refractivity contribution in [1.82, 2.24) is 20.1 Å². The number of aromatic nitrogens is 1. The van der Waals surface area contributed by atoms with Crippen molar-refractivity contribution in [2.45, 2.75) is 18.2 Å². The molecular weight excluding hydrogens is 308 g/mol. The van der Waals surface area contributed by atoms with Crippen LogP contribution in [-0.2, 0) is 20.8 Å².